The predicted molar refractivity (Wildman–Crippen MR) is 110 cm³/mol. The zero-order valence-corrected chi connectivity index (χ0v) is 16.8. The fourth-order valence-corrected chi connectivity index (χ4v) is 5.43. The first-order chi connectivity index (χ1) is 14.5. The van der Waals surface area contributed by atoms with Crippen LogP contribution in [0.3, 0.4) is 0 Å². The van der Waals surface area contributed by atoms with Gasteiger partial charge in [-0.25, -0.2) is 0 Å². The summed E-state index contributed by atoms with van der Waals surface area (Å²) in [5.41, 5.74) is 2.26. The van der Waals surface area contributed by atoms with Crippen LogP contribution in [-0.4, -0.2) is 35.8 Å². The molecule has 0 radical (unpaired) electrons. The van der Waals surface area contributed by atoms with E-state index in [0.717, 1.165) is 18.4 Å². The number of nitrogens with zero attached hydrogens (tertiary/aromatic N) is 1. The van der Waals surface area contributed by atoms with Crippen LogP contribution in [0.4, 0.5) is 5.69 Å². The van der Waals surface area contributed by atoms with Gasteiger partial charge in [-0.3, -0.25) is 14.4 Å². The van der Waals surface area contributed by atoms with Gasteiger partial charge in [0.2, 0.25) is 5.91 Å². The number of carbonyl (C=O) groups is 3. The summed E-state index contributed by atoms with van der Waals surface area (Å²) in [6.45, 7) is 0.529. The molecule has 154 valence electrons. The number of rotatable bonds is 5. The van der Waals surface area contributed by atoms with Gasteiger partial charge in [-0.05, 0) is 48.6 Å². The van der Waals surface area contributed by atoms with E-state index < -0.39 is 0 Å². The number of esters is 1. The Morgan fingerprint density at radius 1 is 1.07 bits per heavy atom. The number of carbonyl (C=O) groups excluding carboxylic acids is 3. The molecule has 2 bridgehead atoms. The smallest absolute Gasteiger partial charge is 0.310 e. The van der Waals surface area contributed by atoms with Crippen LogP contribution in [0.25, 0.3) is 0 Å². The molecule has 1 aliphatic heterocycles. The van der Waals surface area contributed by atoms with Crippen molar-refractivity contribution in [1.82, 2.24) is 4.90 Å². The number of benzene rings is 2. The van der Waals surface area contributed by atoms with Gasteiger partial charge in [0.15, 0.2) is 0 Å². The summed E-state index contributed by atoms with van der Waals surface area (Å²) >= 11 is 0. The van der Waals surface area contributed by atoms with E-state index in [-0.39, 0.29) is 47.6 Å². The standard InChI is InChI=1S/C24H24N2O4/c1-26(13-14-5-3-2-4-6-14)23(28)15-7-9-17(10-8-15)25-22(27)20-16-11-18-19(12-16)30-24(29)21(18)20/h2-10,16,18-21H,11-13H2,1H3,(H,25,27)/t16-,18+,19-,20+,21-/m1/s1. The van der Waals surface area contributed by atoms with Crippen molar-refractivity contribution in [2.24, 2.45) is 23.7 Å². The molecule has 2 aliphatic carbocycles. The van der Waals surface area contributed by atoms with Crippen LogP contribution >= 0.6 is 0 Å². The second-order valence-electron chi connectivity index (χ2n) is 8.64. The molecule has 30 heavy (non-hydrogen) atoms. The summed E-state index contributed by atoms with van der Waals surface area (Å²) in [5.74, 6) is -0.578. The Hall–Kier alpha value is -3.15. The molecule has 5 atom stereocenters. The highest BCUT2D eigenvalue weighted by Crippen LogP contribution is 2.57. The van der Waals surface area contributed by atoms with Crippen LogP contribution in [0.5, 0.6) is 0 Å². The van der Waals surface area contributed by atoms with E-state index in [4.69, 9.17) is 4.74 Å². The summed E-state index contributed by atoms with van der Waals surface area (Å²) < 4.78 is 5.42. The van der Waals surface area contributed by atoms with Gasteiger partial charge in [0.1, 0.15) is 6.10 Å². The van der Waals surface area contributed by atoms with Gasteiger partial charge in [0.25, 0.3) is 5.91 Å². The van der Waals surface area contributed by atoms with E-state index in [1.807, 2.05) is 30.3 Å². The Bertz CT molecular complexity index is 986. The van der Waals surface area contributed by atoms with Crippen molar-refractivity contribution < 1.29 is 19.1 Å². The Balaban J connectivity index is 1.23. The number of anilines is 1. The Morgan fingerprint density at radius 2 is 1.80 bits per heavy atom. The molecule has 2 aromatic carbocycles. The third kappa shape index (κ3) is 3.16. The molecule has 2 saturated carbocycles. The predicted octanol–water partition coefficient (Wildman–Crippen LogP) is 3.09. The van der Waals surface area contributed by atoms with Crippen molar-refractivity contribution in [3.63, 3.8) is 0 Å². The van der Waals surface area contributed by atoms with Gasteiger partial charge in [0.05, 0.1) is 11.8 Å². The van der Waals surface area contributed by atoms with Crippen LogP contribution in [0.2, 0.25) is 0 Å². The van der Waals surface area contributed by atoms with Crippen molar-refractivity contribution in [3.8, 4) is 0 Å². The fourth-order valence-electron chi connectivity index (χ4n) is 5.43. The number of ether oxygens (including phenoxy) is 1. The molecule has 1 heterocycles. The lowest BCUT2D eigenvalue weighted by molar-refractivity contribution is -0.145. The molecular formula is C24H24N2O4. The third-order valence-corrected chi connectivity index (χ3v) is 6.79. The van der Waals surface area contributed by atoms with E-state index >= 15 is 0 Å². The van der Waals surface area contributed by atoms with Gasteiger partial charge < -0.3 is 15.0 Å². The molecule has 2 aromatic rings. The first-order valence-electron chi connectivity index (χ1n) is 10.4. The minimum Gasteiger partial charge on any atom is -0.462 e. The van der Waals surface area contributed by atoms with E-state index in [2.05, 4.69) is 5.32 Å². The molecule has 3 aliphatic rings. The average Bonchev–Trinajstić information content (AvgIpc) is 3.37. The van der Waals surface area contributed by atoms with Gasteiger partial charge in [-0.15, -0.1) is 0 Å². The maximum absolute atomic E-state index is 12.9. The number of hydrogen-bond donors (Lipinski definition) is 1. The van der Waals surface area contributed by atoms with Gasteiger partial charge in [0, 0.05) is 30.8 Å². The summed E-state index contributed by atoms with van der Waals surface area (Å²) in [6, 6.07) is 16.7. The Morgan fingerprint density at radius 3 is 2.53 bits per heavy atom. The maximum Gasteiger partial charge on any atom is 0.310 e. The summed E-state index contributed by atoms with van der Waals surface area (Å²) in [4.78, 5) is 39.4. The number of hydrogen-bond acceptors (Lipinski definition) is 4. The lowest BCUT2D eigenvalue weighted by Gasteiger charge is -2.23. The second-order valence-corrected chi connectivity index (χ2v) is 8.64. The zero-order valence-electron chi connectivity index (χ0n) is 16.8. The fraction of sp³-hybridized carbons (Fsp3) is 0.375. The number of nitrogens with one attached hydrogen (secondary N) is 1. The highest BCUT2D eigenvalue weighted by molar-refractivity contribution is 5.98. The van der Waals surface area contributed by atoms with Gasteiger partial charge >= 0.3 is 5.97 Å². The van der Waals surface area contributed by atoms with Gasteiger partial charge in [-0.1, -0.05) is 30.3 Å². The molecule has 1 N–H and O–H groups in total. The summed E-state index contributed by atoms with van der Waals surface area (Å²) in [6.07, 6.45) is 1.72. The maximum atomic E-state index is 12.9. The minimum atomic E-state index is -0.306. The summed E-state index contributed by atoms with van der Waals surface area (Å²) in [7, 11) is 1.77. The van der Waals surface area contributed by atoms with Crippen LogP contribution in [-0.2, 0) is 20.9 Å². The molecule has 6 nitrogen and oxygen atoms in total. The molecule has 5 rings (SSSR count). The van der Waals surface area contributed by atoms with Crippen molar-refractivity contribution in [3.05, 3.63) is 65.7 Å². The largest absolute Gasteiger partial charge is 0.462 e. The van der Waals surface area contributed by atoms with Crippen LogP contribution in [0, 0.1) is 23.7 Å². The minimum absolute atomic E-state index is 0.0229. The number of fused-ring (bicyclic) bond motifs is 1. The van der Waals surface area contributed by atoms with Crippen LogP contribution in [0.15, 0.2) is 54.6 Å². The highest BCUT2D eigenvalue weighted by Gasteiger charge is 2.63. The van der Waals surface area contributed by atoms with Crippen LogP contribution in [0.1, 0.15) is 28.8 Å². The molecule has 0 aromatic heterocycles. The van der Waals surface area contributed by atoms with E-state index in [9.17, 15) is 14.4 Å². The molecule has 2 amide bonds. The van der Waals surface area contributed by atoms with E-state index in [0.29, 0.717) is 17.8 Å². The van der Waals surface area contributed by atoms with E-state index in [1.165, 1.54) is 0 Å². The van der Waals surface area contributed by atoms with Crippen molar-refractivity contribution in [2.45, 2.75) is 25.5 Å². The van der Waals surface area contributed by atoms with Crippen molar-refractivity contribution >= 4 is 23.5 Å². The average molecular weight is 404 g/mol. The molecule has 0 spiro atoms. The summed E-state index contributed by atoms with van der Waals surface area (Å²) in [5, 5.41) is 2.94. The topological polar surface area (TPSA) is 75.7 Å². The first kappa shape index (κ1) is 18.9. The lowest BCUT2D eigenvalue weighted by Crippen LogP contribution is -2.35. The van der Waals surface area contributed by atoms with Crippen molar-refractivity contribution in [1.29, 1.82) is 0 Å². The highest BCUT2D eigenvalue weighted by atomic mass is 16.6. The third-order valence-electron chi connectivity index (χ3n) is 6.79. The van der Waals surface area contributed by atoms with E-state index in [1.54, 1.807) is 36.2 Å². The Labute approximate surface area is 175 Å². The zero-order chi connectivity index (χ0) is 20.8. The van der Waals surface area contributed by atoms with Crippen molar-refractivity contribution in [2.75, 3.05) is 12.4 Å². The molecule has 1 saturated heterocycles. The number of amides is 2. The Kier molecular flexibility index (Phi) is 4.57. The normalized spacial score (nSPS) is 28.3. The van der Waals surface area contributed by atoms with Crippen LogP contribution < -0.4 is 5.32 Å². The molecule has 0 unspecified atom stereocenters. The second kappa shape index (κ2) is 7.27. The molecule has 3 fully saturated rings. The molecular weight excluding hydrogens is 380 g/mol. The molecule has 6 heteroatoms. The quantitative estimate of drug-likeness (QED) is 0.777. The first-order valence-corrected chi connectivity index (χ1v) is 10.4. The monoisotopic (exact) mass is 404 g/mol. The SMILES string of the molecule is CN(Cc1ccccc1)C(=O)c1ccc(NC(=O)[C@H]2[C@@H]3C[C@@H]4[C@H]2C(=O)O[C@@H]4C3)cc1. The lowest BCUT2D eigenvalue weighted by atomic mass is 9.79. The van der Waals surface area contributed by atoms with Gasteiger partial charge in [-0.2, -0.15) is 0 Å².